The van der Waals surface area contributed by atoms with Crippen LogP contribution in [0.5, 0.6) is 11.5 Å². The van der Waals surface area contributed by atoms with E-state index in [2.05, 4.69) is 10.1 Å². The lowest BCUT2D eigenvalue weighted by atomic mass is 9.92. The van der Waals surface area contributed by atoms with Crippen molar-refractivity contribution in [2.24, 2.45) is 5.92 Å². The molecular formula is C18H16Cl2F3NO2. The molecule has 26 heavy (non-hydrogen) atoms. The highest BCUT2D eigenvalue weighted by Crippen LogP contribution is 2.33. The molecule has 8 heteroatoms. The van der Waals surface area contributed by atoms with Crippen LogP contribution in [-0.4, -0.2) is 19.5 Å². The molecule has 2 aromatic carbocycles. The molecular weight excluding hydrogens is 390 g/mol. The van der Waals surface area contributed by atoms with Gasteiger partial charge in [-0.1, -0.05) is 29.3 Å². The van der Waals surface area contributed by atoms with E-state index in [1.165, 1.54) is 24.3 Å². The maximum atomic E-state index is 12.2. The number of hydrogen-bond donors (Lipinski definition) is 1. The molecule has 1 N–H and O–H groups in total. The normalized spacial score (nSPS) is 16.0. The van der Waals surface area contributed by atoms with Crippen LogP contribution in [0.4, 0.5) is 13.2 Å². The Morgan fingerprint density at radius 1 is 1.00 bits per heavy atom. The molecule has 1 aliphatic heterocycles. The highest BCUT2D eigenvalue weighted by atomic mass is 35.5. The number of rotatable bonds is 6. The summed E-state index contributed by atoms with van der Waals surface area (Å²) in [7, 11) is 0. The maximum Gasteiger partial charge on any atom is 0.573 e. The van der Waals surface area contributed by atoms with E-state index in [-0.39, 0.29) is 11.9 Å². The molecule has 1 atom stereocenters. The number of halogens is 5. The molecule has 140 valence electrons. The number of alkyl halides is 3. The Morgan fingerprint density at radius 2 is 1.65 bits per heavy atom. The molecule has 0 radical (unpaired) electrons. The minimum atomic E-state index is -4.72. The second kappa shape index (κ2) is 7.94. The molecule has 0 amide bonds. The van der Waals surface area contributed by atoms with E-state index >= 15 is 0 Å². The summed E-state index contributed by atoms with van der Waals surface area (Å²) in [6, 6.07) is 10.6. The quantitative estimate of drug-likeness (QED) is 0.676. The first kappa shape index (κ1) is 19.1. The Bertz CT molecular complexity index is 749. The minimum absolute atomic E-state index is 0.286. The van der Waals surface area contributed by atoms with Crippen molar-refractivity contribution >= 4 is 23.2 Å². The molecule has 1 saturated heterocycles. The van der Waals surface area contributed by atoms with Crippen LogP contribution < -0.4 is 14.8 Å². The lowest BCUT2D eigenvalue weighted by Crippen LogP contribution is -2.43. The summed E-state index contributed by atoms with van der Waals surface area (Å²) in [4.78, 5) is 0. The van der Waals surface area contributed by atoms with E-state index in [1.54, 1.807) is 12.1 Å². The fraction of sp³-hybridized carbons (Fsp3) is 0.333. The summed E-state index contributed by atoms with van der Waals surface area (Å²) < 4.78 is 46.6. The molecule has 2 aromatic rings. The number of hydrogen-bond acceptors (Lipinski definition) is 3. The van der Waals surface area contributed by atoms with Gasteiger partial charge in [-0.05, 0) is 67.4 Å². The smallest absolute Gasteiger partial charge is 0.486 e. The van der Waals surface area contributed by atoms with Gasteiger partial charge in [0.15, 0.2) is 0 Å². The highest BCUT2D eigenvalue weighted by molar-refractivity contribution is 6.42. The zero-order valence-corrected chi connectivity index (χ0v) is 15.0. The molecule has 1 fully saturated rings. The van der Waals surface area contributed by atoms with E-state index < -0.39 is 6.36 Å². The van der Waals surface area contributed by atoms with Gasteiger partial charge < -0.3 is 14.8 Å². The van der Waals surface area contributed by atoms with E-state index in [4.69, 9.17) is 27.9 Å². The lowest BCUT2D eigenvalue weighted by Gasteiger charge is -2.31. The van der Waals surface area contributed by atoms with E-state index in [0.717, 1.165) is 25.1 Å². The van der Waals surface area contributed by atoms with Crippen LogP contribution >= 0.6 is 23.2 Å². The fourth-order valence-corrected chi connectivity index (χ4v) is 2.97. The van der Waals surface area contributed by atoms with Gasteiger partial charge in [0, 0.05) is 0 Å². The summed E-state index contributed by atoms with van der Waals surface area (Å²) in [6.07, 6.45) is -4.25. The van der Waals surface area contributed by atoms with Crippen molar-refractivity contribution in [1.29, 1.82) is 0 Å². The third-order valence-electron chi connectivity index (χ3n) is 4.06. The molecule has 1 heterocycles. The Morgan fingerprint density at radius 3 is 2.19 bits per heavy atom. The summed E-state index contributed by atoms with van der Waals surface area (Å²) >= 11 is 12.1. The average Bonchev–Trinajstić information content (AvgIpc) is 2.52. The van der Waals surface area contributed by atoms with Crippen molar-refractivity contribution in [2.45, 2.75) is 18.9 Å². The van der Waals surface area contributed by atoms with E-state index in [0.29, 0.717) is 21.7 Å². The third-order valence-corrected chi connectivity index (χ3v) is 4.80. The topological polar surface area (TPSA) is 30.5 Å². The first-order valence-electron chi connectivity index (χ1n) is 7.98. The minimum Gasteiger partial charge on any atom is -0.486 e. The SMILES string of the molecule is FC(F)(F)Oc1ccc(OC(CC2CNC2)c2ccc(Cl)c(Cl)c2)cc1. The fourth-order valence-electron chi connectivity index (χ4n) is 2.67. The first-order chi connectivity index (χ1) is 12.3. The van der Waals surface area contributed by atoms with Crippen molar-refractivity contribution in [2.75, 3.05) is 13.1 Å². The number of nitrogens with one attached hydrogen (secondary N) is 1. The standard InChI is InChI=1S/C18H16Cl2F3NO2/c19-15-6-1-12(8-16(15)20)17(7-11-9-24-10-11)25-13-2-4-14(5-3-13)26-18(21,22)23/h1-6,8,11,17,24H,7,9-10H2. The van der Waals surface area contributed by atoms with Crippen LogP contribution in [0.25, 0.3) is 0 Å². The van der Waals surface area contributed by atoms with Crippen LogP contribution in [0.3, 0.4) is 0 Å². The van der Waals surface area contributed by atoms with Gasteiger partial charge in [-0.3, -0.25) is 0 Å². The summed E-state index contributed by atoms with van der Waals surface area (Å²) in [5.74, 6) is 0.615. The Balaban J connectivity index is 1.75. The van der Waals surface area contributed by atoms with Crippen LogP contribution in [0.15, 0.2) is 42.5 Å². The molecule has 0 aromatic heterocycles. The zero-order chi connectivity index (χ0) is 18.7. The van der Waals surface area contributed by atoms with Crippen LogP contribution in [0.1, 0.15) is 18.1 Å². The average molecular weight is 406 g/mol. The second-order valence-electron chi connectivity index (χ2n) is 6.06. The van der Waals surface area contributed by atoms with Gasteiger partial charge in [-0.2, -0.15) is 0 Å². The molecule has 0 bridgehead atoms. The summed E-state index contributed by atoms with van der Waals surface area (Å²) in [5, 5.41) is 4.09. The molecule has 3 nitrogen and oxygen atoms in total. The lowest BCUT2D eigenvalue weighted by molar-refractivity contribution is -0.274. The predicted octanol–water partition coefficient (Wildman–Crippen LogP) is 5.62. The Labute approximate surface area is 159 Å². The van der Waals surface area contributed by atoms with Crippen LogP contribution in [-0.2, 0) is 0 Å². The van der Waals surface area contributed by atoms with Crippen molar-refractivity contribution in [3.8, 4) is 11.5 Å². The van der Waals surface area contributed by atoms with Crippen LogP contribution in [0, 0.1) is 5.92 Å². The highest BCUT2D eigenvalue weighted by Gasteiger charge is 2.31. The largest absolute Gasteiger partial charge is 0.573 e. The van der Waals surface area contributed by atoms with Crippen molar-refractivity contribution < 1.29 is 22.6 Å². The van der Waals surface area contributed by atoms with E-state index in [9.17, 15) is 13.2 Å². The predicted molar refractivity (Wildman–Crippen MR) is 93.9 cm³/mol. The van der Waals surface area contributed by atoms with Gasteiger partial charge in [0.25, 0.3) is 0 Å². The molecule has 1 aliphatic rings. The van der Waals surface area contributed by atoms with Crippen LogP contribution in [0.2, 0.25) is 10.0 Å². The molecule has 1 unspecified atom stereocenters. The monoisotopic (exact) mass is 405 g/mol. The molecule has 0 aliphatic carbocycles. The third kappa shape index (κ3) is 5.19. The van der Waals surface area contributed by atoms with Gasteiger partial charge in [-0.25, -0.2) is 0 Å². The van der Waals surface area contributed by atoms with Crippen molar-refractivity contribution in [3.63, 3.8) is 0 Å². The Hall–Kier alpha value is -1.63. The van der Waals surface area contributed by atoms with Gasteiger partial charge in [0.2, 0.25) is 0 Å². The molecule has 3 rings (SSSR count). The number of benzene rings is 2. The summed E-state index contributed by atoms with van der Waals surface area (Å²) in [5.41, 5.74) is 0.863. The first-order valence-corrected chi connectivity index (χ1v) is 8.74. The van der Waals surface area contributed by atoms with Crippen molar-refractivity contribution in [3.05, 3.63) is 58.1 Å². The second-order valence-corrected chi connectivity index (χ2v) is 6.87. The molecule has 0 spiro atoms. The van der Waals surface area contributed by atoms with Crippen molar-refractivity contribution in [1.82, 2.24) is 5.32 Å². The zero-order valence-electron chi connectivity index (χ0n) is 13.5. The van der Waals surface area contributed by atoms with E-state index in [1.807, 2.05) is 6.07 Å². The van der Waals surface area contributed by atoms with Gasteiger partial charge >= 0.3 is 6.36 Å². The number of ether oxygens (including phenoxy) is 2. The maximum absolute atomic E-state index is 12.2. The van der Waals surface area contributed by atoms with Gasteiger partial charge in [0.1, 0.15) is 17.6 Å². The summed E-state index contributed by atoms with van der Waals surface area (Å²) in [6.45, 7) is 1.80. The molecule has 0 saturated carbocycles. The van der Waals surface area contributed by atoms with Gasteiger partial charge in [0.05, 0.1) is 10.0 Å². The Kier molecular flexibility index (Phi) is 5.85. The van der Waals surface area contributed by atoms with Gasteiger partial charge in [-0.15, -0.1) is 13.2 Å².